The van der Waals surface area contributed by atoms with Gasteiger partial charge < -0.3 is 10.2 Å². The third kappa shape index (κ3) is 4.42. The molecular formula is C16H14FNO3. The van der Waals surface area contributed by atoms with Crippen LogP contribution in [0.5, 0.6) is 0 Å². The summed E-state index contributed by atoms with van der Waals surface area (Å²) in [6.45, 7) is 0. The summed E-state index contributed by atoms with van der Waals surface area (Å²) in [5.41, 5.74) is 2.35. The first-order valence-electron chi connectivity index (χ1n) is 6.38. The molecule has 0 saturated heterocycles. The Bertz CT molecular complexity index is 665. The van der Waals surface area contributed by atoms with Crippen LogP contribution in [-0.4, -0.2) is 21.2 Å². The largest absolute Gasteiger partial charge is 0.502 e. The Morgan fingerprint density at radius 3 is 2.43 bits per heavy atom. The zero-order chi connectivity index (χ0) is 15.2. The highest BCUT2D eigenvalue weighted by Crippen LogP contribution is 2.11. The van der Waals surface area contributed by atoms with Crippen LogP contribution in [0.25, 0.3) is 6.08 Å². The molecule has 0 aliphatic carbocycles. The van der Waals surface area contributed by atoms with E-state index in [4.69, 9.17) is 5.11 Å². The van der Waals surface area contributed by atoms with Crippen molar-refractivity contribution in [3.63, 3.8) is 0 Å². The van der Waals surface area contributed by atoms with Crippen molar-refractivity contribution in [2.45, 2.75) is 12.8 Å². The molecule has 1 aromatic carbocycles. The van der Waals surface area contributed by atoms with E-state index >= 15 is 0 Å². The smallest absolute Gasteiger partial charge is 0.371 e. The number of aliphatic carboxylic acids is 1. The van der Waals surface area contributed by atoms with Crippen molar-refractivity contribution in [3.05, 3.63) is 71.0 Å². The van der Waals surface area contributed by atoms with Crippen LogP contribution in [0.2, 0.25) is 0 Å². The highest BCUT2D eigenvalue weighted by Gasteiger charge is 2.05. The van der Waals surface area contributed by atoms with Crippen LogP contribution in [0.3, 0.4) is 0 Å². The van der Waals surface area contributed by atoms with E-state index < -0.39 is 11.7 Å². The number of pyridine rings is 1. The molecule has 0 aliphatic heterocycles. The van der Waals surface area contributed by atoms with Crippen LogP contribution >= 0.6 is 0 Å². The molecule has 1 heterocycles. The lowest BCUT2D eigenvalue weighted by Gasteiger charge is -2.03. The van der Waals surface area contributed by atoms with Gasteiger partial charge in [0.25, 0.3) is 0 Å². The molecule has 2 N–H and O–H groups in total. The van der Waals surface area contributed by atoms with Crippen molar-refractivity contribution >= 4 is 12.0 Å². The summed E-state index contributed by atoms with van der Waals surface area (Å²) in [7, 11) is 0. The zero-order valence-corrected chi connectivity index (χ0v) is 11.2. The number of halogens is 1. The third-order valence-corrected chi connectivity index (χ3v) is 2.96. The maximum atomic E-state index is 12.8. The Morgan fingerprint density at radius 2 is 1.76 bits per heavy atom. The van der Waals surface area contributed by atoms with Gasteiger partial charge in [0, 0.05) is 12.3 Å². The minimum Gasteiger partial charge on any atom is -0.502 e. The molecule has 0 spiro atoms. The van der Waals surface area contributed by atoms with Crippen molar-refractivity contribution < 1.29 is 19.4 Å². The number of aryl methyl sites for hydroxylation is 2. The molecule has 0 bridgehead atoms. The first kappa shape index (κ1) is 14.7. The van der Waals surface area contributed by atoms with Gasteiger partial charge in [0.15, 0.2) is 0 Å². The molecule has 5 heteroatoms. The molecule has 2 aromatic rings. The molecule has 0 radical (unpaired) electrons. The maximum absolute atomic E-state index is 12.8. The van der Waals surface area contributed by atoms with Gasteiger partial charge in [0.1, 0.15) is 5.82 Å². The lowest BCUT2D eigenvalue weighted by molar-refractivity contribution is -0.135. The number of carboxylic acids is 1. The summed E-state index contributed by atoms with van der Waals surface area (Å²) in [6, 6.07) is 9.82. The molecule has 0 amide bonds. The fourth-order valence-electron chi connectivity index (χ4n) is 1.87. The number of aromatic nitrogens is 1. The van der Waals surface area contributed by atoms with Crippen molar-refractivity contribution in [2.75, 3.05) is 0 Å². The molecule has 4 nitrogen and oxygen atoms in total. The maximum Gasteiger partial charge on any atom is 0.371 e. The monoisotopic (exact) mass is 287 g/mol. The Balaban J connectivity index is 2.06. The molecule has 2 rings (SSSR count). The highest BCUT2D eigenvalue weighted by molar-refractivity contribution is 5.88. The van der Waals surface area contributed by atoms with Gasteiger partial charge >= 0.3 is 5.97 Å². The molecule has 1 aromatic heterocycles. The molecule has 0 atom stereocenters. The second kappa shape index (κ2) is 6.65. The number of nitrogens with zero attached hydrogens (tertiary/aromatic N) is 1. The Labute approximate surface area is 121 Å². The first-order chi connectivity index (χ1) is 10.0. The average molecular weight is 287 g/mol. The van der Waals surface area contributed by atoms with Gasteiger partial charge in [-0.3, -0.25) is 4.98 Å². The van der Waals surface area contributed by atoms with Crippen LogP contribution in [0.1, 0.15) is 16.8 Å². The minimum absolute atomic E-state index is 0.265. The van der Waals surface area contributed by atoms with Crippen LogP contribution < -0.4 is 0 Å². The third-order valence-electron chi connectivity index (χ3n) is 2.96. The van der Waals surface area contributed by atoms with Gasteiger partial charge in [0.05, 0.1) is 5.69 Å². The van der Waals surface area contributed by atoms with E-state index in [0.717, 1.165) is 23.6 Å². The van der Waals surface area contributed by atoms with Crippen molar-refractivity contribution in [1.29, 1.82) is 0 Å². The lowest BCUT2D eigenvalue weighted by atomic mass is 10.0. The minimum atomic E-state index is -1.39. The molecule has 0 unspecified atom stereocenters. The average Bonchev–Trinajstić information content (AvgIpc) is 2.47. The fourth-order valence-corrected chi connectivity index (χ4v) is 1.87. The highest BCUT2D eigenvalue weighted by atomic mass is 19.1. The zero-order valence-electron chi connectivity index (χ0n) is 11.2. The summed E-state index contributed by atoms with van der Waals surface area (Å²) in [5, 5.41) is 17.8. The SMILES string of the molecule is O=C(O)/C(O)=C/c1cc(CCc2ccc(F)cc2)ccn1. The number of aliphatic hydroxyl groups excluding tert-OH is 1. The number of carboxylic acid groups (broad SMARTS) is 1. The van der Waals surface area contributed by atoms with Gasteiger partial charge in [-0.1, -0.05) is 12.1 Å². The van der Waals surface area contributed by atoms with Gasteiger partial charge in [0.2, 0.25) is 5.76 Å². The number of benzene rings is 1. The van der Waals surface area contributed by atoms with Gasteiger partial charge in [-0.2, -0.15) is 0 Å². The first-order valence-corrected chi connectivity index (χ1v) is 6.38. The lowest BCUT2D eigenvalue weighted by Crippen LogP contribution is -1.99. The van der Waals surface area contributed by atoms with E-state index in [1.54, 1.807) is 24.4 Å². The molecule has 21 heavy (non-hydrogen) atoms. The Morgan fingerprint density at radius 1 is 1.10 bits per heavy atom. The van der Waals surface area contributed by atoms with E-state index in [-0.39, 0.29) is 5.82 Å². The van der Waals surface area contributed by atoms with Crippen molar-refractivity contribution in [1.82, 2.24) is 4.98 Å². The Kier molecular flexibility index (Phi) is 4.66. The molecular weight excluding hydrogens is 273 g/mol. The summed E-state index contributed by atoms with van der Waals surface area (Å²) in [5.74, 6) is -2.41. The van der Waals surface area contributed by atoms with Crippen molar-refractivity contribution in [2.24, 2.45) is 0 Å². The normalized spacial score (nSPS) is 11.4. The number of aliphatic hydroxyl groups is 1. The molecule has 0 aliphatic rings. The summed E-state index contributed by atoms with van der Waals surface area (Å²) >= 11 is 0. The number of hydrogen-bond acceptors (Lipinski definition) is 3. The van der Waals surface area contributed by atoms with Crippen LogP contribution in [-0.2, 0) is 17.6 Å². The van der Waals surface area contributed by atoms with Crippen LogP contribution in [0.4, 0.5) is 4.39 Å². The number of hydrogen-bond donors (Lipinski definition) is 2. The molecule has 0 saturated carbocycles. The standard InChI is InChI=1S/C16H14FNO3/c17-13-5-3-11(4-6-13)1-2-12-7-8-18-14(9-12)10-15(19)16(20)21/h3-10,19H,1-2H2,(H,20,21)/b15-10-. The fraction of sp³-hybridized carbons (Fsp3) is 0.125. The van der Waals surface area contributed by atoms with Gasteiger partial charge in [-0.15, -0.1) is 0 Å². The number of rotatable bonds is 5. The van der Waals surface area contributed by atoms with E-state index in [9.17, 15) is 14.3 Å². The van der Waals surface area contributed by atoms with Gasteiger partial charge in [-0.05, 0) is 48.2 Å². The predicted molar refractivity (Wildman–Crippen MR) is 76.3 cm³/mol. The quantitative estimate of drug-likeness (QED) is 0.655. The van der Waals surface area contributed by atoms with Crippen LogP contribution in [0, 0.1) is 5.82 Å². The summed E-state index contributed by atoms with van der Waals surface area (Å²) in [6.07, 6.45) is 4.10. The van der Waals surface area contributed by atoms with Crippen molar-refractivity contribution in [3.8, 4) is 0 Å². The predicted octanol–water partition coefficient (Wildman–Crippen LogP) is 2.99. The van der Waals surface area contributed by atoms with Crippen LogP contribution in [0.15, 0.2) is 48.4 Å². The topological polar surface area (TPSA) is 70.4 Å². The molecule has 108 valence electrons. The Hall–Kier alpha value is -2.69. The van der Waals surface area contributed by atoms with E-state index in [2.05, 4.69) is 4.98 Å². The van der Waals surface area contributed by atoms with E-state index in [0.29, 0.717) is 12.1 Å². The second-order valence-corrected chi connectivity index (χ2v) is 4.55. The van der Waals surface area contributed by atoms with E-state index in [1.165, 1.54) is 12.1 Å². The molecule has 0 fully saturated rings. The number of carbonyl (C=O) groups is 1. The summed E-state index contributed by atoms with van der Waals surface area (Å²) < 4.78 is 12.8. The summed E-state index contributed by atoms with van der Waals surface area (Å²) in [4.78, 5) is 14.5. The van der Waals surface area contributed by atoms with E-state index in [1.807, 2.05) is 6.07 Å². The van der Waals surface area contributed by atoms with Gasteiger partial charge in [-0.25, -0.2) is 9.18 Å². The second-order valence-electron chi connectivity index (χ2n) is 4.55.